The van der Waals surface area contributed by atoms with Gasteiger partial charge in [0.1, 0.15) is 0 Å². The van der Waals surface area contributed by atoms with E-state index in [1.54, 1.807) is 0 Å². The third-order valence-corrected chi connectivity index (χ3v) is 21.7. The van der Waals surface area contributed by atoms with Crippen molar-refractivity contribution in [3.05, 3.63) is 313 Å². The smallest absolute Gasteiger partial charge is 0.240 e. The minimum atomic E-state index is -0.347. The molecule has 2 aliphatic carbocycles. The molecule has 0 saturated carbocycles. The molecule has 0 N–H and O–H groups in total. The summed E-state index contributed by atoms with van der Waals surface area (Å²) in [5, 5.41) is 9.16. The molecule has 10 nitrogen and oxygen atoms in total. The van der Waals surface area contributed by atoms with Gasteiger partial charge in [-0.2, -0.15) is 29.9 Å². The lowest BCUT2D eigenvalue weighted by Gasteiger charge is -2.23. The van der Waals surface area contributed by atoms with Crippen LogP contribution in [0.4, 0.5) is 0 Å². The van der Waals surface area contributed by atoms with Crippen LogP contribution < -0.4 is 0 Å². The predicted molar refractivity (Wildman–Crippen MR) is 407 cm³/mol. The molecule has 0 amide bonds. The van der Waals surface area contributed by atoms with E-state index in [4.69, 9.17) is 29.9 Å². The average Bonchev–Trinajstić information content (AvgIpc) is 1.55. The minimum absolute atomic E-state index is 0.347. The highest BCUT2D eigenvalue weighted by Crippen LogP contribution is 2.53. The van der Waals surface area contributed by atoms with Crippen LogP contribution in [0.3, 0.4) is 0 Å². The van der Waals surface area contributed by atoms with Crippen molar-refractivity contribution in [2.75, 3.05) is 0 Å². The summed E-state index contributed by atoms with van der Waals surface area (Å²) in [5.74, 6) is 3.46. The molecule has 6 heterocycles. The van der Waals surface area contributed by atoms with Gasteiger partial charge >= 0.3 is 0 Å². The molecule has 10 heteroatoms. The molecule has 0 aliphatic heterocycles. The van der Waals surface area contributed by atoms with Crippen molar-refractivity contribution in [1.29, 1.82) is 0 Å². The zero-order valence-corrected chi connectivity index (χ0v) is 55.2. The molecule has 470 valence electrons. The highest BCUT2D eigenvalue weighted by Gasteiger charge is 2.38. The third kappa shape index (κ3) is 8.07. The molecule has 100 heavy (non-hydrogen) atoms. The van der Waals surface area contributed by atoms with Crippen molar-refractivity contribution in [1.82, 2.24) is 48.2 Å². The van der Waals surface area contributed by atoms with E-state index in [-0.39, 0.29) is 10.8 Å². The van der Waals surface area contributed by atoms with Crippen LogP contribution in [0.25, 0.3) is 178 Å². The first-order valence-corrected chi connectivity index (χ1v) is 34.3. The summed E-state index contributed by atoms with van der Waals surface area (Å²) in [6, 6.07) is 105. The number of fused-ring (bicyclic) bond motifs is 18. The van der Waals surface area contributed by atoms with Crippen LogP contribution >= 0.6 is 0 Å². The first kappa shape index (κ1) is 56.3. The van der Waals surface area contributed by atoms with Crippen LogP contribution in [0, 0.1) is 0 Å². The van der Waals surface area contributed by atoms with E-state index >= 15 is 0 Å². The lowest BCUT2D eigenvalue weighted by Crippen LogP contribution is -2.15. The summed E-state index contributed by atoms with van der Waals surface area (Å²) < 4.78 is 8.79. The molecule has 0 atom stereocenters. The Kier molecular flexibility index (Phi) is 11.7. The Morgan fingerprint density at radius 1 is 0.200 bits per heavy atom. The molecule has 6 aromatic heterocycles. The number of benzene rings is 13. The molecular formula is C90H60N10. The molecular weight excluding hydrogens is 1220 g/mol. The van der Waals surface area contributed by atoms with Crippen LogP contribution in [-0.4, -0.2) is 48.2 Å². The van der Waals surface area contributed by atoms with Crippen molar-refractivity contribution in [3.8, 4) is 91.1 Å². The van der Waals surface area contributed by atoms with Gasteiger partial charge in [0.25, 0.3) is 0 Å². The van der Waals surface area contributed by atoms with Crippen molar-refractivity contribution in [2.24, 2.45) is 0 Å². The van der Waals surface area contributed by atoms with Crippen LogP contribution in [0.2, 0.25) is 0 Å². The molecule has 19 aromatic rings. The first-order valence-electron chi connectivity index (χ1n) is 34.3. The second kappa shape index (κ2) is 20.8. The van der Waals surface area contributed by atoms with Crippen molar-refractivity contribution in [2.45, 2.75) is 38.5 Å². The number of hydrogen-bond acceptors (Lipinski definition) is 6. The van der Waals surface area contributed by atoms with Gasteiger partial charge in [0.15, 0.2) is 11.6 Å². The summed E-state index contributed by atoms with van der Waals surface area (Å²) in [7, 11) is 0. The summed E-state index contributed by atoms with van der Waals surface area (Å²) in [6.45, 7) is 9.42. The fourth-order valence-corrected chi connectivity index (χ4v) is 16.9. The fraction of sp³-hybridized carbons (Fsp3) is 0.0667. The second-order valence-corrected chi connectivity index (χ2v) is 27.9. The van der Waals surface area contributed by atoms with Gasteiger partial charge in [-0.25, -0.2) is 0 Å². The maximum Gasteiger partial charge on any atom is 0.240 e. The summed E-state index contributed by atoms with van der Waals surface area (Å²) in [6.07, 6.45) is 0. The first-order chi connectivity index (χ1) is 49.1. The van der Waals surface area contributed by atoms with Crippen LogP contribution in [0.15, 0.2) is 291 Å². The van der Waals surface area contributed by atoms with Gasteiger partial charge in [0, 0.05) is 65.0 Å². The summed E-state index contributed by atoms with van der Waals surface area (Å²) >= 11 is 0. The van der Waals surface area contributed by atoms with Gasteiger partial charge in [-0.15, -0.1) is 0 Å². The van der Waals surface area contributed by atoms with Crippen LogP contribution in [0.5, 0.6) is 0 Å². The van der Waals surface area contributed by atoms with Crippen molar-refractivity contribution >= 4 is 87.2 Å². The Labute approximate surface area is 575 Å². The third-order valence-electron chi connectivity index (χ3n) is 21.7. The van der Waals surface area contributed by atoms with E-state index in [1.807, 2.05) is 0 Å². The molecule has 0 spiro atoms. The Morgan fingerprint density at radius 2 is 0.410 bits per heavy atom. The predicted octanol–water partition coefficient (Wildman–Crippen LogP) is 21.7. The van der Waals surface area contributed by atoms with Crippen LogP contribution in [0.1, 0.15) is 49.9 Å². The Balaban J connectivity index is 0.628. The highest BCUT2D eigenvalue weighted by atomic mass is 15.3. The number of para-hydroxylation sites is 8. The second-order valence-electron chi connectivity index (χ2n) is 27.9. The maximum absolute atomic E-state index is 5.45. The number of rotatable bonds is 8. The quantitative estimate of drug-likeness (QED) is 0.150. The topological polar surface area (TPSA) is 97.1 Å². The lowest BCUT2D eigenvalue weighted by atomic mass is 9.80. The van der Waals surface area contributed by atoms with Gasteiger partial charge in [-0.1, -0.05) is 240 Å². The van der Waals surface area contributed by atoms with E-state index in [2.05, 4.69) is 337 Å². The largest absolute Gasteiger partial charge is 0.278 e. The minimum Gasteiger partial charge on any atom is -0.278 e. The van der Waals surface area contributed by atoms with E-state index in [0.717, 1.165) is 98.4 Å². The maximum atomic E-state index is 5.45. The highest BCUT2D eigenvalue weighted by molar-refractivity contribution is 6.12. The standard InChI is InChI=1S/C90H60N10/c1-89(2)71-49-55(40-44-59(71)61-46-42-57(51-73(61)89)83-91-85(97-75-32-13-5-24-63(75)64-25-6-14-33-76(64)97)95-86(92-83)98-77-34-15-7-26-65(77)66-27-8-16-35-78(66)98)53-22-21-23-54(48-53)56-41-45-60-62-47-43-58(52-74(62)90(3,4)72(60)50-56)84-93-87(99-79-36-17-9-28-67(79)68-29-10-18-37-80(68)99)96-88(94-84)100-81-38-19-11-30-69(81)70-31-12-20-39-82(70)100/h5-52H,1-4H3. The number of hydrogen-bond donors (Lipinski definition) is 0. The van der Waals surface area contributed by atoms with Crippen LogP contribution in [-0.2, 0) is 10.8 Å². The van der Waals surface area contributed by atoms with Gasteiger partial charge in [-0.3, -0.25) is 18.3 Å². The summed E-state index contributed by atoms with van der Waals surface area (Å²) in [4.78, 5) is 32.6. The molecule has 0 unspecified atom stereocenters. The fourth-order valence-electron chi connectivity index (χ4n) is 16.9. The Bertz CT molecular complexity index is 5870. The molecule has 0 fully saturated rings. The van der Waals surface area contributed by atoms with E-state index in [0.29, 0.717) is 35.4 Å². The van der Waals surface area contributed by atoms with Gasteiger partial charge in [0.2, 0.25) is 23.8 Å². The summed E-state index contributed by atoms with van der Waals surface area (Å²) in [5.41, 5.74) is 24.1. The van der Waals surface area contributed by atoms with E-state index < -0.39 is 0 Å². The number of nitrogens with zero attached hydrogens (tertiary/aromatic N) is 10. The average molecular weight is 1280 g/mol. The lowest BCUT2D eigenvalue weighted by molar-refractivity contribution is 0.660. The zero-order valence-electron chi connectivity index (χ0n) is 55.2. The molecule has 13 aromatic carbocycles. The molecule has 0 bridgehead atoms. The SMILES string of the molecule is CC1(C)c2cc(-c3cccc(-c4ccc5c(c4)C(C)(C)c4cc(-c6nc(-n7c8ccccc8c8ccccc87)nc(-n7c8ccccc8c8ccccc87)n6)ccc4-5)c3)ccc2-c2ccc(-c3nc(-n4c5ccccc5c5ccccc54)nc(-n4c5ccccc5c5ccccc54)n3)cc21. The van der Waals surface area contributed by atoms with E-state index in [9.17, 15) is 0 Å². The number of aromatic nitrogens is 10. The molecule has 2 aliphatic rings. The normalized spacial score (nSPS) is 13.6. The van der Waals surface area contributed by atoms with Gasteiger partial charge in [-0.05, 0) is 146 Å². The van der Waals surface area contributed by atoms with Gasteiger partial charge < -0.3 is 0 Å². The van der Waals surface area contributed by atoms with Crippen molar-refractivity contribution in [3.63, 3.8) is 0 Å². The van der Waals surface area contributed by atoms with Gasteiger partial charge in [0.05, 0.1) is 44.1 Å². The molecule has 21 rings (SSSR count). The molecule has 0 radical (unpaired) electrons. The van der Waals surface area contributed by atoms with Crippen molar-refractivity contribution < 1.29 is 0 Å². The monoisotopic (exact) mass is 1280 g/mol. The van der Waals surface area contributed by atoms with E-state index in [1.165, 1.54) is 66.8 Å². The Morgan fingerprint density at radius 3 is 0.660 bits per heavy atom. The Hall–Kier alpha value is -12.9. The zero-order chi connectivity index (χ0) is 66.3. The molecule has 0 saturated heterocycles.